The van der Waals surface area contributed by atoms with E-state index in [1.165, 1.54) is 37.8 Å². The fourth-order valence-electron chi connectivity index (χ4n) is 4.64. The van der Waals surface area contributed by atoms with Crippen molar-refractivity contribution in [3.8, 4) is 5.75 Å². The molecule has 1 aromatic rings. The van der Waals surface area contributed by atoms with Crippen LogP contribution in [0.4, 0.5) is 0 Å². The number of hydrogen-bond donors (Lipinski definition) is 1. The minimum Gasteiger partial charge on any atom is -0.492 e. The number of carbonyl (C=O) groups is 1. The van der Waals surface area contributed by atoms with Crippen LogP contribution in [0.3, 0.4) is 0 Å². The van der Waals surface area contributed by atoms with Crippen LogP contribution in [0.2, 0.25) is 0 Å². The van der Waals surface area contributed by atoms with Gasteiger partial charge in [-0.2, -0.15) is 0 Å². The molecule has 3 rings (SSSR count). The highest BCUT2D eigenvalue weighted by molar-refractivity contribution is 7.89. The molecule has 2 aliphatic rings. The number of fused-ring (bicyclic) bond motifs is 3. The van der Waals surface area contributed by atoms with E-state index < -0.39 is 10.0 Å². The summed E-state index contributed by atoms with van der Waals surface area (Å²) in [6.45, 7) is 3.86. The first-order valence-corrected chi connectivity index (χ1v) is 13.4. The number of sulfonamides is 1. The van der Waals surface area contributed by atoms with Crippen LogP contribution in [0.1, 0.15) is 56.9 Å². The van der Waals surface area contributed by atoms with Gasteiger partial charge in [-0.1, -0.05) is 18.6 Å². The Morgan fingerprint density at radius 3 is 2.65 bits per heavy atom. The third-order valence-corrected chi connectivity index (χ3v) is 7.20. The van der Waals surface area contributed by atoms with Crippen molar-refractivity contribution in [2.75, 3.05) is 38.5 Å². The topological polar surface area (TPSA) is 92.9 Å². The predicted octanol–water partition coefficient (Wildman–Crippen LogP) is 2.54. The molecule has 1 fully saturated rings. The van der Waals surface area contributed by atoms with Gasteiger partial charge in [0.05, 0.1) is 12.3 Å². The summed E-state index contributed by atoms with van der Waals surface area (Å²) >= 11 is 0. The SMILES string of the molecule is NS(=O)(=O)CCCC(=O)N1CCCCN2CCCCC2CCc2cccc(c2)OCC1. The molecule has 1 atom stereocenters. The minimum atomic E-state index is -3.54. The Morgan fingerprint density at radius 2 is 1.84 bits per heavy atom. The lowest BCUT2D eigenvalue weighted by molar-refractivity contribution is -0.131. The van der Waals surface area contributed by atoms with Gasteiger partial charge in [0.1, 0.15) is 12.4 Å². The Kier molecular flexibility index (Phi) is 9.16. The van der Waals surface area contributed by atoms with Crippen LogP contribution in [0, 0.1) is 0 Å². The van der Waals surface area contributed by atoms with Crippen LogP contribution in [0.5, 0.6) is 5.75 Å². The second-order valence-electron chi connectivity index (χ2n) is 8.78. The van der Waals surface area contributed by atoms with Gasteiger partial charge in [0.25, 0.3) is 0 Å². The van der Waals surface area contributed by atoms with Crippen molar-refractivity contribution < 1.29 is 17.9 Å². The normalized spacial score (nSPS) is 22.0. The summed E-state index contributed by atoms with van der Waals surface area (Å²) in [6.07, 6.45) is 8.55. The zero-order valence-corrected chi connectivity index (χ0v) is 19.3. The van der Waals surface area contributed by atoms with Gasteiger partial charge >= 0.3 is 0 Å². The highest BCUT2D eigenvalue weighted by atomic mass is 32.2. The fraction of sp³-hybridized carbons (Fsp3) is 0.696. The number of amides is 1. The van der Waals surface area contributed by atoms with E-state index in [9.17, 15) is 13.2 Å². The highest BCUT2D eigenvalue weighted by Crippen LogP contribution is 2.23. The van der Waals surface area contributed by atoms with Gasteiger partial charge in [-0.15, -0.1) is 0 Å². The zero-order chi connectivity index (χ0) is 22.1. The molecule has 0 radical (unpaired) electrons. The molecule has 2 bridgehead atoms. The molecular formula is C23H37N3O4S. The number of hydrogen-bond acceptors (Lipinski definition) is 5. The van der Waals surface area contributed by atoms with Gasteiger partial charge in [-0.05, 0) is 75.7 Å². The number of rotatable bonds is 4. The number of nitrogens with zero attached hydrogens (tertiary/aromatic N) is 2. The minimum absolute atomic E-state index is 0.0267. The summed E-state index contributed by atoms with van der Waals surface area (Å²) < 4.78 is 28.3. The van der Waals surface area contributed by atoms with E-state index in [0.29, 0.717) is 25.7 Å². The van der Waals surface area contributed by atoms with Gasteiger partial charge in [0, 0.05) is 19.0 Å². The van der Waals surface area contributed by atoms with Crippen molar-refractivity contribution in [3.05, 3.63) is 29.8 Å². The molecule has 0 spiro atoms. The van der Waals surface area contributed by atoms with Crippen LogP contribution in [-0.4, -0.2) is 68.7 Å². The molecule has 8 heteroatoms. The van der Waals surface area contributed by atoms with Crippen molar-refractivity contribution in [3.63, 3.8) is 0 Å². The van der Waals surface area contributed by atoms with Gasteiger partial charge in [-0.25, -0.2) is 13.6 Å². The van der Waals surface area contributed by atoms with E-state index in [1.807, 2.05) is 17.0 Å². The average molecular weight is 452 g/mol. The number of primary sulfonamides is 1. The van der Waals surface area contributed by atoms with Gasteiger partial charge in [0.2, 0.25) is 15.9 Å². The first-order chi connectivity index (χ1) is 14.9. The molecule has 7 nitrogen and oxygen atoms in total. The highest BCUT2D eigenvalue weighted by Gasteiger charge is 2.22. The quantitative estimate of drug-likeness (QED) is 0.759. The Bertz CT molecular complexity index is 815. The van der Waals surface area contributed by atoms with E-state index in [4.69, 9.17) is 9.88 Å². The Hall–Kier alpha value is -1.64. The molecule has 1 unspecified atom stereocenters. The standard InChI is InChI=1S/C23H37N3O4S/c24-31(28,29)18-6-10-23(27)26-15-4-3-14-25-13-2-1-8-21(25)12-11-20-7-5-9-22(19-20)30-17-16-26/h5,7,9,19,21H,1-4,6,8,10-18H2,(H2,24,28,29). The molecule has 2 aliphatic heterocycles. The maximum Gasteiger partial charge on any atom is 0.222 e. The molecular weight excluding hydrogens is 414 g/mol. The van der Waals surface area contributed by atoms with E-state index in [0.717, 1.165) is 31.6 Å². The fourth-order valence-corrected chi connectivity index (χ4v) is 5.19. The van der Waals surface area contributed by atoms with Crippen molar-refractivity contribution in [2.45, 2.75) is 63.8 Å². The molecule has 1 saturated heterocycles. The molecule has 1 amide bonds. The van der Waals surface area contributed by atoms with E-state index in [2.05, 4.69) is 17.0 Å². The predicted molar refractivity (Wildman–Crippen MR) is 122 cm³/mol. The number of aryl methyl sites for hydroxylation is 1. The van der Waals surface area contributed by atoms with Gasteiger partial charge in [-0.3, -0.25) is 4.79 Å². The third-order valence-electron chi connectivity index (χ3n) is 6.34. The van der Waals surface area contributed by atoms with E-state index in [1.54, 1.807) is 0 Å². The summed E-state index contributed by atoms with van der Waals surface area (Å²) in [4.78, 5) is 17.2. The van der Waals surface area contributed by atoms with Crippen molar-refractivity contribution in [2.24, 2.45) is 5.14 Å². The zero-order valence-electron chi connectivity index (χ0n) is 18.5. The van der Waals surface area contributed by atoms with Crippen LogP contribution in [-0.2, 0) is 21.2 Å². The summed E-state index contributed by atoms with van der Waals surface area (Å²) in [5.41, 5.74) is 1.30. The van der Waals surface area contributed by atoms with Crippen LogP contribution in [0.25, 0.3) is 0 Å². The monoisotopic (exact) mass is 451 g/mol. The number of benzene rings is 1. The van der Waals surface area contributed by atoms with Crippen LogP contribution in [0.15, 0.2) is 24.3 Å². The summed E-state index contributed by atoms with van der Waals surface area (Å²) in [6, 6.07) is 8.92. The molecule has 1 aromatic carbocycles. The van der Waals surface area contributed by atoms with Crippen molar-refractivity contribution in [1.29, 1.82) is 0 Å². The molecule has 174 valence electrons. The number of carbonyl (C=O) groups excluding carboxylic acids is 1. The lowest BCUT2D eigenvalue weighted by atomic mass is 9.95. The van der Waals surface area contributed by atoms with Crippen molar-refractivity contribution in [1.82, 2.24) is 9.80 Å². The van der Waals surface area contributed by atoms with Crippen molar-refractivity contribution >= 4 is 15.9 Å². The van der Waals surface area contributed by atoms with Gasteiger partial charge < -0.3 is 14.5 Å². The Morgan fingerprint density at radius 1 is 1.06 bits per heavy atom. The second kappa shape index (κ2) is 11.8. The molecule has 2 heterocycles. The lowest BCUT2D eigenvalue weighted by Crippen LogP contribution is -2.40. The van der Waals surface area contributed by atoms with Crippen LogP contribution < -0.4 is 9.88 Å². The van der Waals surface area contributed by atoms with E-state index >= 15 is 0 Å². The molecule has 31 heavy (non-hydrogen) atoms. The summed E-state index contributed by atoms with van der Waals surface area (Å²) in [5.74, 6) is 0.655. The molecule has 0 aliphatic carbocycles. The third kappa shape index (κ3) is 8.43. The molecule has 0 saturated carbocycles. The van der Waals surface area contributed by atoms with Crippen LogP contribution >= 0.6 is 0 Å². The Balaban J connectivity index is 1.64. The summed E-state index contributed by atoms with van der Waals surface area (Å²) in [5, 5.41) is 5.06. The summed E-state index contributed by atoms with van der Waals surface area (Å²) in [7, 11) is -3.54. The maximum absolute atomic E-state index is 12.7. The lowest BCUT2D eigenvalue weighted by Gasteiger charge is -2.36. The smallest absolute Gasteiger partial charge is 0.222 e. The molecule has 2 N–H and O–H groups in total. The number of nitrogens with two attached hydrogens (primary N) is 1. The van der Waals surface area contributed by atoms with E-state index in [-0.39, 0.29) is 24.5 Å². The first kappa shape index (κ1) is 24.0. The number of piperidine rings is 1. The maximum atomic E-state index is 12.7. The largest absolute Gasteiger partial charge is 0.492 e. The average Bonchev–Trinajstić information content (AvgIpc) is 2.73. The Labute approximate surface area is 187 Å². The first-order valence-electron chi connectivity index (χ1n) is 11.6. The molecule has 0 aromatic heterocycles. The van der Waals surface area contributed by atoms with Gasteiger partial charge in [0.15, 0.2) is 0 Å². The number of ether oxygens (including phenoxy) is 1. The second-order valence-corrected chi connectivity index (χ2v) is 10.5.